The lowest BCUT2D eigenvalue weighted by Crippen LogP contribution is -2.45. The monoisotopic (exact) mass is 285 g/mol. The van der Waals surface area contributed by atoms with Gasteiger partial charge in [0.05, 0.1) is 13.2 Å². The van der Waals surface area contributed by atoms with Crippen LogP contribution in [-0.4, -0.2) is 30.5 Å². The summed E-state index contributed by atoms with van der Waals surface area (Å²) in [6.45, 7) is 4.12. The Morgan fingerprint density at radius 2 is 2.05 bits per heavy atom. The summed E-state index contributed by atoms with van der Waals surface area (Å²) in [5.41, 5.74) is 2.41. The highest BCUT2D eigenvalue weighted by atomic mass is 16.5. The Morgan fingerprint density at radius 3 is 2.76 bits per heavy atom. The average Bonchev–Trinajstić information content (AvgIpc) is 2.56. The van der Waals surface area contributed by atoms with Crippen molar-refractivity contribution in [1.29, 1.82) is 0 Å². The molecule has 0 saturated carbocycles. The van der Waals surface area contributed by atoms with E-state index in [1.54, 1.807) is 0 Å². The zero-order valence-electron chi connectivity index (χ0n) is 12.6. The van der Waals surface area contributed by atoms with E-state index in [0.29, 0.717) is 19.1 Å². The van der Waals surface area contributed by atoms with Crippen molar-refractivity contribution in [2.75, 3.05) is 19.7 Å². The van der Waals surface area contributed by atoms with Gasteiger partial charge in [0.2, 0.25) is 5.91 Å². The van der Waals surface area contributed by atoms with Crippen molar-refractivity contribution in [3.8, 4) is 0 Å². The predicted octanol–water partition coefficient (Wildman–Crippen LogP) is 3.25. The molecule has 0 N–H and O–H groups in total. The number of benzene rings is 1. The van der Waals surface area contributed by atoms with Gasteiger partial charge >= 0.3 is 0 Å². The van der Waals surface area contributed by atoms with Crippen LogP contribution in [0.15, 0.2) is 36.4 Å². The summed E-state index contributed by atoms with van der Waals surface area (Å²) in [4.78, 5) is 14.6. The Balaban J connectivity index is 1.66. The Kier molecular flexibility index (Phi) is 4.39. The van der Waals surface area contributed by atoms with Gasteiger partial charge < -0.3 is 9.64 Å². The summed E-state index contributed by atoms with van der Waals surface area (Å²) < 4.78 is 5.86. The van der Waals surface area contributed by atoms with Crippen molar-refractivity contribution in [2.24, 2.45) is 5.92 Å². The van der Waals surface area contributed by atoms with E-state index in [0.717, 1.165) is 25.8 Å². The van der Waals surface area contributed by atoms with E-state index in [4.69, 9.17) is 4.74 Å². The van der Waals surface area contributed by atoms with Crippen LogP contribution in [0.5, 0.6) is 0 Å². The van der Waals surface area contributed by atoms with Gasteiger partial charge in [0.15, 0.2) is 0 Å². The Bertz CT molecular complexity index is 521. The standard InChI is InChI=1S/C18H23NO2/c1-14-7-9-15(10-8-14)17-13-19(11-12-21-17)18(20)16-5-3-2-4-6-16/h2-3,7-10,16-17H,4-6,11-13H2,1H3. The first kappa shape index (κ1) is 14.3. The summed E-state index contributed by atoms with van der Waals surface area (Å²) in [7, 11) is 0. The fourth-order valence-corrected chi connectivity index (χ4v) is 3.11. The van der Waals surface area contributed by atoms with Crippen molar-refractivity contribution < 1.29 is 9.53 Å². The number of morpholine rings is 1. The van der Waals surface area contributed by atoms with Crippen LogP contribution in [0.25, 0.3) is 0 Å². The van der Waals surface area contributed by atoms with Crippen molar-refractivity contribution >= 4 is 5.91 Å². The largest absolute Gasteiger partial charge is 0.370 e. The van der Waals surface area contributed by atoms with E-state index in [1.807, 2.05) is 4.90 Å². The van der Waals surface area contributed by atoms with Crippen molar-refractivity contribution in [3.05, 3.63) is 47.5 Å². The van der Waals surface area contributed by atoms with Gasteiger partial charge in [0.25, 0.3) is 0 Å². The molecule has 1 aliphatic heterocycles. The number of rotatable bonds is 2. The smallest absolute Gasteiger partial charge is 0.226 e. The molecule has 1 aromatic carbocycles. The van der Waals surface area contributed by atoms with E-state index in [9.17, 15) is 4.79 Å². The molecule has 0 bridgehead atoms. The molecule has 0 aromatic heterocycles. The van der Waals surface area contributed by atoms with Gasteiger partial charge in [-0.1, -0.05) is 42.0 Å². The minimum absolute atomic E-state index is 0.0161. The Labute approximate surface area is 126 Å². The number of hydrogen-bond donors (Lipinski definition) is 0. The lowest BCUT2D eigenvalue weighted by Gasteiger charge is -2.35. The van der Waals surface area contributed by atoms with E-state index in [-0.39, 0.29) is 12.0 Å². The van der Waals surface area contributed by atoms with Crippen LogP contribution < -0.4 is 0 Å². The first-order chi connectivity index (χ1) is 10.2. The van der Waals surface area contributed by atoms with Gasteiger partial charge in [-0.3, -0.25) is 4.79 Å². The number of allylic oxidation sites excluding steroid dienone is 2. The van der Waals surface area contributed by atoms with Gasteiger partial charge in [0, 0.05) is 12.5 Å². The molecular weight excluding hydrogens is 262 g/mol. The molecule has 0 spiro atoms. The molecule has 2 atom stereocenters. The first-order valence-corrected chi connectivity index (χ1v) is 7.86. The van der Waals surface area contributed by atoms with E-state index in [2.05, 4.69) is 43.3 Å². The maximum atomic E-state index is 12.6. The van der Waals surface area contributed by atoms with Crippen LogP contribution in [-0.2, 0) is 9.53 Å². The fraction of sp³-hybridized carbons (Fsp3) is 0.500. The zero-order valence-corrected chi connectivity index (χ0v) is 12.6. The van der Waals surface area contributed by atoms with E-state index in [1.165, 1.54) is 11.1 Å². The minimum atomic E-state index is 0.0161. The summed E-state index contributed by atoms with van der Waals surface area (Å²) in [6, 6.07) is 8.42. The molecule has 3 nitrogen and oxygen atoms in total. The number of carbonyl (C=O) groups is 1. The van der Waals surface area contributed by atoms with Gasteiger partial charge in [-0.05, 0) is 31.7 Å². The molecular formula is C18H23NO2. The maximum absolute atomic E-state index is 12.6. The van der Waals surface area contributed by atoms with Crippen LogP contribution in [0.4, 0.5) is 0 Å². The fourth-order valence-electron chi connectivity index (χ4n) is 3.11. The second-order valence-electron chi connectivity index (χ2n) is 6.04. The number of carbonyl (C=O) groups excluding carboxylic acids is 1. The maximum Gasteiger partial charge on any atom is 0.226 e. The second kappa shape index (κ2) is 6.44. The molecule has 1 amide bonds. The molecule has 3 rings (SSSR count). The van der Waals surface area contributed by atoms with Crippen molar-refractivity contribution in [2.45, 2.75) is 32.3 Å². The normalized spacial score (nSPS) is 25.9. The van der Waals surface area contributed by atoms with Crippen molar-refractivity contribution in [1.82, 2.24) is 4.90 Å². The Hall–Kier alpha value is -1.61. The lowest BCUT2D eigenvalue weighted by atomic mass is 9.92. The van der Waals surface area contributed by atoms with Gasteiger partial charge in [-0.15, -0.1) is 0 Å². The molecule has 1 aromatic rings. The summed E-state index contributed by atoms with van der Waals surface area (Å²) in [5.74, 6) is 0.478. The second-order valence-corrected chi connectivity index (χ2v) is 6.04. The topological polar surface area (TPSA) is 29.5 Å². The average molecular weight is 285 g/mol. The van der Waals surface area contributed by atoms with Crippen LogP contribution >= 0.6 is 0 Å². The van der Waals surface area contributed by atoms with Gasteiger partial charge in [-0.25, -0.2) is 0 Å². The third kappa shape index (κ3) is 3.35. The number of nitrogens with zero attached hydrogens (tertiary/aromatic N) is 1. The van der Waals surface area contributed by atoms with E-state index < -0.39 is 0 Å². The van der Waals surface area contributed by atoms with Crippen LogP contribution in [0.2, 0.25) is 0 Å². The highest BCUT2D eigenvalue weighted by Crippen LogP contribution is 2.26. The molecule has 2 aliphatic rings. The number of aryl methyl sites for hydroxylation is 1. The molecule has 1 aliphatic carbocycles. The number of hydrogen-bond acceptors (Lipinski definition) is 2. The molecule has 1 saturated heterocycles. The van der Waals surface area contributed by atoms with Crippen LogP contribution in [0.1, 0.15) is 36.5 Å². The van der Waals surface area contributed by atoms with E-state index >= 15 is 0 Å². The molecule has 1 fully saturated rings. The SMILES string of the molecule is Cc1ccc(C2CN(C(=O)C3CC=CCC3)CCO2)cc1. The predicted molar refractivity (Wildman–Crippen MR) is 82.9 cm³/mol. The molecule has 0 radical (unpaired) electrons. The highest BCUT2D eigenvalue weighted by molar-refractivity contribution is 5.79. The number of amides is 1. The summed E-state index contributed by atoms with van der Waals surface area (Å²) in [6.07, 6.45) is 7.25. The third-order valence-electron chi connectivity index (χ3n) is 4.45. The first-order valence-electron chi connectivity index (χ1n) is 7.86. The van der Waals surface area contributed by atoms with Crippen LogP contribution in [0, 0.1) is 12.8 Å². The third-order valence-corrected chi connectivity index (χ3v) is 4.45. The number of ether oxygens (including phenoxy) is 1. The van der Waals surface area contributed by atoms with Gasteiger partial charge in [-0.2, -0.15) is 0 Å². The molecule has 21 heavy (non-hydrogen) atoms. The quantitative estimate of drug-likeness (QED) is 0.781. The summed E-state index contributed by atoms with van der Waals surface area (Å²) >= 11 is 0. The summed E-state index contributed by atoms with van der Waals surface area (Å²) in [5, 5.41) is 0. The van der Waals surface area contributed by atoms with Gasteiger partial charge in [0.1, 0.15) is 6.10 Å². The lowest BCUT2D eigenvalue weighted by molar-refractivity contribution is -0.143. The molecule has 1 heterocycles. The molecule has 112 valence electrons. The molecule has 3 heteroatoms. The van der Waals surface area contributed by atoms with Crippen LogP contribution in [0.3, 0.4) is 0 Å². The van der Waals surface area contributed by atoms with Crippen molar-refractivity contribution in [3.63, 3.8) is 0 Å². The zero-order chi connectivity index (χ0) is 14.7. The highest BCUT2D eigenvalue weighted by Gasteiger charge is 2.29. The Morgan fingerprint density at radius 1 is 1.24 bits per heavy atom. The minimum Gasteiger partial charge on any atom is -0.370 e. The molecule has 2 unspecified atom stereocenters.